The standard InChI is InChI=1S/C53H34N2O3/c1-53(2)41-29-40-38-24-20-32-28-34(55-44-13-5-9-17-48(44)57-49-18-10-6-14-45(49)55)22-26-36(32)52(38)58-50(40)30-39(41)37-23-19-31-27-33(21-25-35(31)51(37)53)54-42-11-3-7-15-46(42)56-47-16-8-4-12-43(47)54/h3-30H,1-2H3. The predicted molar refractivity (Wildman–Crippen MR) is 236 cm³/mol. The van der Waals surface area contributed by atoms with Gasteiger partial charge in [-0.05, 0) is 135 Å². The molecule has 0 bridgehead atoms. The van der Waals surface area contributed by atoms with Gasteiger partial charge in [-0.2, -0.15) is 0 Å². The van der Waals surface area contributed by atoms with Crippen LogP contribution in [0.3, 0.4) is 0 Å². The Labute approximate surface area is 334 Å². The SMILES string of the molecule is CC1(C)c2cc3c(cc2-c2ccc4cc(N5c6ccccc6Oc6ccccc65)ccc4c21)oc1c2ccc(N4c5ccccc5Oc5ccccc54)cc2ccc31. The Bertz CT molecular complexity index is 3320. The minimum Gasteiger partial charge on any atom is -0.455 e. The number of benzene rings is 9. The van der Waals surface area contributed by atoms with Crippen LogP contribution >= 0.6 is 0 Å². The van der Waals surface area contributed by atoms with Gasteiger partial charge in [0, 0.05) is 32.9 Å². The Balaban J connectivity index is 0.921. The number of nitrogens with zero attached hydrogens (tertiary/aromatic N) is 2. The van der Waals surface area contributed by atoms with Gasteiger partial charge in [-0.15, -0.1) is 0 Å². The first-order valence-electron chi connectivity index (χ1n) is 19.8. The highest BCUT2D eigenvalue weighted by Gasteiger charge is 2.38. The van der Waals surface area contributed by atoms with Crippen molar-refractivity contribution in [1.29, 1.82) is 0 Å². The molecule has 10 aromatic rings. The summed E-state index contributed by atoms with van der Waals surface area (Å²) in [6.07, 6.45) is 0. The van der Waals surface area contributed by atoms with Gasteiger partial charge in [0.2, 0.25) is 0 Å². The van der Waals surface area contributed by atoms with Crippen molar-refractivity contribution in [1.82, 2.24) is 0 Å². The largest absolute Gasteiger partial charge is 0.455 e. The lowest BCUT2D eigenvalue weighted by Gasteiger charge is -2.33. The highest BCUT2D eigenvalue weighted by molar-refractivity contribution is 6.17. The molecule has 274 valence electrons. The maximum absolute atomic E-state index is 6.85. The van der Waals surface area contributed by atoms with Gasteiger partial charge in [-0.1, -0.05) is 86.6 Å². The van der Waals surface area contributed by atoms with Crippen LogP contribution in [0.5, 0.6) is 23.0 Å². The fourth-order valence-corrected chi connectivity index (χ4v) is 9.93. The fourth-order valence-electron chi connectivity index (χ4n) is 9.93. The minimum atomic E-state index is -0.224. The zero-order chi connectivity index (χ0) is 38.3. The molecule has 0 fully saturated rings. The van der Waals surface area contributed by atoms with Crippen LogP contribution in [-0.2, 0) is 5.41 Å². The van der Waals surface area contributed by atoms with E-state index in [1.165, 1.54) is 33.0 Å². The molecule has 0 amide bonds. The fraction of sp³-hybridized carbons (Fsp3) is 0.0566. The maximum atomic E-state index is 6.85. The van der Waals surface area contributed by atoms with E-state index in [0.717, 1.165) is 89.8 Å². The number of fused-ring (bicyclic) bond motifs is 14. The van der Waals surface area contributed by atoms with Crippen LogP contribution in [0.1, 0.15) is 25.0 Å². The lowest BCUT2D eigenvalue weighted by molar-refractivity contribution is 0.477. The van der Waals surface area contributed by atoms with Crippen LogP contribution in [0, 0.1) is 0 Å². The van der Waals surface area contributed by atoms with Gasteiger partial charge >= 0.3 is 0 Å². The van der Waals surface area contributed by atoms with Crippen molar-refractivity contribution in [3.63, 3.8) is 0 Å². The van der Waals surface area contributed by atoms with E-state index >= 15 is 0 Å². The highest BCUT2D eigenvalue weighted by atomic mass is 16.5. The molecule has 13 rings (SSSR count). The van der Waals surface area contributed by atoms with Crippen LogP contribution in [0.4, 0.5) is 34.1 Å². The second-order valence-corrected chi connectivity index (χ2v) is 16.1. The highest BCUT2D eigenvalue weighted by Crippen LogP contribution is 2.56. The zero-order valence-electron chi connectivity index (χ0n) is 31.8. The Morgan fingerprint density at radius 3 is 1.47 bits per heavy atom. The number of anilines is 6. The summed E-state index contributed by atoms with van der Waals surface area (Å²) in [7, 11) is 0. The molecule has 1 aromatic heterocycles. The monoisotopic (exact) mass is 746 g/mol. The molecule has 3 aliphatic rings. The van der Waals surface area contributed by atoms with E-state index in [1.54, 1.807) is 0 Å². The van der Waals surface area contributed by atoms with E-state index in [4.69, 9.17) is 13.9 Å². The molecule has 0 saturated heterocycles. The van der Waals surface area contributed by atoms with Gasteiger partial charge in [0.15, 0.2) is 23.0 Å². The van der Waals surface area contributed by atoms with E-state index in [-0.39, 0.29) is 5.41 Å². The van der Waals surface area contributed by atoms with Crippen molar-refractivity contribution in [2.75, 3.05) is 9.80 Å². The molecule has 58 heavy (non-hydrogen) atoms. The Kier molecular flexibility index (Phi) is 6.17. The average Bonchev–Trinajstić information content (AvgIpc) is 3.74. The lowest BCUT2D eigenvalue weighted by Crippen LogP contribution is -2.16. The molecule has 9 aromatic carbocycles. The van der Waals surface area contributed by atoms with E-state index in [2.05, 4.69) is 145 Å². The van der Waals surface area contributed by atoms with Crippen LogP contribution < -0.4 is 19.3 Å². The van der Waals surface area contributed by atoms with Crippen LogP contribution in [0.15, 0.2) is 174 Å². The van der Waals surface area contributed by atoms with Crippen molar-refractivity contribution < 1.29 is 13.9 Å². The van der Waals surface area contributed by atoms with Crippen LogP contribution in [0.25, 0.3) is 54.6 Å². The zero-order valence-corrected chi connectivity index (χ0v) is 31.8. The summed E-state index contributed by atoms with van der Waals surface area (Å²) in [5, 5.41) is 6.98. The molecular formula is C53H34N2O3. The Morgan fingerprint density at radius 2 is 0.897 bits per heavy atom. The molecule has 0 spiro atoms. The number of para-hydroxylation sites is 8. The molecule has 5 heteroatoms. The van der Waals surface area contributed by atoms with E-state index < -0.39 is 0 Å². The van der Waals surface area contributed by atoms with Gasteiger partial charge in [0.25, 0.3) is 0 Å². The normalized spacial score (nSPS) is 14.4. The average molecular weight is 747 g/mol. The molecule has 1 aliphatic carbocycles. The maximum Gasteiger partial charge on any atom is 0.151 e. The minimum absolute atomic E-state index is 0.224. The van der Waals surface area contributed by atoms with Crippen molar-refractivity contribution in [2.24, 2.45) is 0 Å². The summed E-state index contributed by atoms with van der Waals surface area (Å²) in [5.41, 5.74) is 13.1. The van der Waals surface area contributed by atoms with E-state index in [1.807, 2.05) is 48.5 Å². The summed E-state index contributed by atoms with van der Waals surface area (Å²) in [5.74, 6) is 3.39. The predicted octanol–water partition coefficient (Wildman–Crippen LogP) is 15.3. The molecule has 0 atom stereocenters. The number of furan rings is 1. The summed E-state index contributed by atoms with van der Waals surface area (Å²) >= 11 is 0. The van der Waals surface area contributed by atoms with Gasteiger partial charge in [0.1, 0.15) is 11.2 Å². The van der Waals surface area contributed by atoms with Gasteiger partial charge < -0.3 is 23.7 Å². The topological polar surface area (TPSA) is 38.1 Å². The second-order valence-electron chi connectivity index (χ2n) is 16.1. The lowest BCUT2D eigenvalue weighted by atomic mass is 9.80. The first-order valence-corrected chi connectivity index (χ1v) is 19.8. The summed E-state index contributed by atoms with van der Waals surface area (Å²) in [6.45, 7) is 4.74. The van der Waals surface area contributed by atoms with Crippen molar-refractivity contribution in [3.8, 4) is 34.1 Å². The number of ether oxygens (including phenoxy) is 2. The molecule has 2 aliphatic heterocycles. The molecule has 0 N–H and O–H groups in total. The van der Waals surface area contributed by atoms with Crippen molar-refractivity contribution in [2.45, 2.75) is 19.3 Å². The first kappa shape index (κ1) is 31.7. The van der Waals surface area contributed by atoms with Crippen molar-refractivity contribution in [3.05, 3.63) is 181 Å². The number of hydrogen-bond donors (Lipinski definition) is 0. The first-order chi connectivity index (χ1) is 28.5. The number of rotatable bonds is 2. The summed E-state index contributed by atoms with van der Waals surface area (Å²) in [6, 6.07) is 60.2. The second kappa shape index (κ2) is 11.3. The number of hydrogen-bond acceptors (Lipinski definition) is 5. The third-order valence-electron chi connectivity index (χ3n) is 12.5. The van der Waals surface area contributed by atoms with Gasteiger partial charge in [0.05, 0.1) is 22.7 Å². The Morgan fingerprint density at radius 1 is 0.414 bits per heavy atom. The summed E-state index contributed by atoms with van der Waals surface area (Å²) in [4.78, 5) is 4.59. The smallest absolute Gasteiger partial charge is 0.151 e. The van der Waals surface area contributed by atoms with Crippen LogP contribution in [0.2, 0.25) is 0 Å². The third-order valence-corrected chi connectivity index (χ3v) is 12.5. The molecular weight excluding hydrogens is 713 g/mol. The molecule has 5 nitrogen and oxygen atoms in total. The van der Waals surface area contributed by atoms with E-state index in [9.17, 15) is 0 Å². The third kappa shape index (κ3) is 4.25. The molecule has 0 unspecified atom stereocenters. The Hall–Kier alpha value is -7.50. The summed E-state index contributed by atoms with van der Waals surface area (Å²) < 4.78 is 19.4. The van der Waals surface area contributed by atoms with Crippen molar-refractivity contribution >= 4 is 77.6 Å². The molecule has 0 radical (unpaired) electrons. The van der Waals surface area contributed by atoms with E-state index in [0.29, 0.717) is 0 Å². The molecule has 0 saturated carbocycles. The molecule has 3 heterocycles. The quantitative estimate of drug-likeness (QED) is 0.176. The van der Waals surface area contributed by atoms with Crippen LogP contribution in [-0.4, -0.2) is 0 Å². The van der Waals surface area contributed by atoms with Gasteiger partial charge in [-0.3, -0.25) is 0 Å². The van der Waals surface area contributed by atoms with Gasteiger partial charge in [-0.25, -0.2) is 0 Å².